The second kappa shape index (κ2) is 9.97. The summed E-state index contributed by atoms with van der Waals surface area (Å²) >= 11 is 0. The van der Waals surface area contributed by atoms with Crippen LogP contribution in [0.15, 0.2) is 131 Å². The van der Waals surface area contributed by atoms with Crippen LogP contribution < -0.4 is 21.2 Å². The lowest BCUT2D eigenvalue weighted by Gasteiger charge is -2.34. The quantitative estimate of drug-likeness (QED) is 0.317. The third-order valence-electron chi connectivity index (χ3n) is 6.65. The first-order chi connectivity index (χ1) is 17.5. The zero-order chi connectivity index (χ0) is 25.2. The largest absolute Gasteiger partial charge is 0.311 e. The fraction of sp³-hybridized carbons (Fsp3) is 0.133. The predicted octanol–water partition coefficient (Wildman–Crippen LogP) is 5.60. The van der Waals surface area contributed by atoms with Crippen molar-refractivity contribution in [2.24, 2.45) is 9.98 Å². The van der Waals surface area contributed by atoms with Crippen LogP contribution in [0.2, 0.25) is 0 Å². The predicted molar refractivity (Wildman–Crippen MR) is 153 cm³/mol. The van der Waals surface area contributed by atoms with E-state index in [9.17, 15) is 9.13 Å². The smallest absolute Gasteiger partial charge is 0.172 e. The van der Waals surface area contributed by atoms with Crippen LogP contribution in [0.4, 0.5) is 0 Å². The number of benzene rings is 4. The van der Waals surface area contributed by atoms with Gasteiger partial charge in [0.05, 0.1) is 0 Å². The summed E-state index contributed by atoms with van der Waals surface area (Å²) in [5.41, 5.74) is 1.27. The summed E-state index contributed by atoms with van der Waals surface area (Å²) in [4.78, 5) is 10.1. The Morgan fingerprint density at radius 3 is 0.889 bits per heavy atom. The molecule has 0 N–H and O–H groups in total. The molecule has 2 unspecified atom stereocenters. The van der Waals surface area contributed by atoms with Gasteiger partial charge in [0, 0.05) is 32.6 Å². The standard InChI is InChI=1S/C30H28N2O2P2/c1-23-29(35(33,25-15-7-3-8-16-25)26-17-9-4-10-18-26)32-24(2)30(31-23)36(34,27-19-11-5-12-20-27)28-21-13-6-14-22-28/h3-22,29-30H,1-2H3. The summed E-state index contributed by atoms with van der Waals surface area (Å²) in [7, 11) is -6.45. The van der Waals surface area contributed by atoms with E-state index in [-0.39, 0.29) is 0 Å². The number of aliphatic imine (C=N–C) groups is 2. The van der Waals surface area contributed by atoms with Gasteiger partial charge in [0.1, 0.15) is 11.6 Å². The van der Waals surface area contributed by atoms with Crippen LogP contribution in [-0.2, 0) is 9.13 Å². The maximum atomic E-state index is 15.0. The van der Waals surface area contributed by atoms with Crippen LogP contribution in [0.3, 0.4) is 0 Å². The number of rotatable bonds is 6. The Balaban J connectivity index is 1.67. The Kier molecular flexibility index (Phi) is 6.75. The highest BCUT2D eigenvalue weighted by atomic mass is 31.2. The molecule has 1 aliphatic rings. The molecule has 0 saturated heterocycles. The Morgan fingerprint density at radius 2 is 0.667 bits per heavy atom. The molecule has 0 amide bonds. The van der Waals surface area contributed by atoms with Crippen LogP contribution in [0.25, 0.3) is 0 Å². The molecule has 180 valence electrons. The van der Waals surface area contributed by atoms with E-state index >= 15 is 0 Å². The summed E-state index contributed by atoms with van der Waals surface area (Å²) < 4.78 is 29.9. The fourth-order valence-electron chi connectivity index (χ4n) is 4.86. The number of hydrogen-bond donors (Lipinski definition) is 0. The Hall–Kier alpha value is -3.32. The molecule has 0 aromatic heterocycles. The van der Waals surface area contributed by atoms with Gasteiger partial charge in [-0.3, -0.25) is 9.98 Å². The average Bonchev–Trinajstić information content (AvgIpc) is 2.95. The summed E-state index contributed by atoms with van der Waals surface area (Å²) in [6.07, 6.45) is 0. The molecule has 0 bridgehead atoms. The van der Waals surface area contributed by atoms with Gasteiger partial charge >= 0.3 is 0 Å². The molecule has 0 saturated carbocycles. The number of hydrogen-bond acceptors (Lipinski definition) is 4. The molecule has 1 heterocycles. The highest BCUT2D eigenvalue weighted by molar-refractivity contribution is 7.81. The highest BCUT2D eigenvalue weighted by Crippen LogP contribution is 2.55. The topological polar surface area (TPSA) is 58.9 Å². The Labute approximate surface area is 212 Å². The van der Waals surface area contributed by atoms with E-state index in [2.05, 4.69) is 0 Å². The minimum Gasteiger partial charge on any atom is -0.311 e. The first-order valence-electron chi connectivity index (χ1n) is 12.0. The minimum atomic E-state index is -3.22. The molecule has 5 rings (SSSR count). The van der Waals surface area contributed by atoms with Crippen LogP contribution in [0, 0.1) is 0 Å². The van der Waals surface area contributed by atoms with E-state index in [1.165, 1.54) is 0 Å². The van der Waals surface area contributed by atoms with E-state index in [1.807, 2.05) is 135 Å². The Morgan fingerprint density at radius 1 is 0.444 bits per heavy atom. The molecule has 4 aromatic carbocycles. The molecular formula is C30H28N2O2P2. The normalized spacial score (nSPS) is 18.3. The van der Waals surface area contributed by atoms with Crippen molar-refractivity contribution in [3.63, 3.8) is 0 Å². The van der Waals surface area contributed by atoms with Crippen molar-refractivity contribution < 1.29 is 9.13 Å². The van der Waals surface area contributed by atoms with Gasteiger partial charge in [-0.25, -0.2) is 0 Å². The van der Waals surface area contributed by atoms with E-state index < -0.39 is 25.8 Å². The van der Waals surface area contributed by atoms with Gasteiger partial charge in [-0.2, -0.15) is 0 Å². The van der Waals surface area contributed by atoms with Gasteiger partial charge in [0.2, 0.25) is 0 Å². The van der Waals surface area contributed by atoms with Gasteiger partial charge in [-0.05, 0) is 13.8 Å². The zero-order valence-electron chi connectivity index (χ0n) is 20.3. The summed E-state index contributed by atoms with van der Waals surface area (Å²) in [6.45, 7) is 3.74. The van der Waals surface area contributed by atoms with Crippen LogP contribution in [-0.4, -0.2) is 23.0 Å². The van der Waals surface area contributed by atoms with Crippen molar-refractivity contribution >= 4 is 46.9 Å². The lowest BCUT2D eigenvalue weighted by Crippen LogP contribution is -2.38. The highest BCUT2D eigenvalue weighted by Gasteiger charge is 2.45. The van der Waals surface area contributed by atoms with Gasteiger partial charge in [-0.15, -0.1) is 0 Å². The molecule has 0 spiro atoms. The van der Waals surface area contributed by atoms with Gasteiger partial charge in [0.25, 0.3) is 0 Å². The summed E-state index contributed by atoms with van der Waals surface area (Å²) in [5, 5.41) is 2.94. The van der Waals surface area contributed by atoms with E-state index in [1.54, 1.807) is 0 Å². The maximum absolute atomic E-state index is 15.0. The molecule has 36 heavy (non-hydrogen) atoms. The third kappa shape index (κ3) is 4.15. The Bertz CT molecular complexity index is 1300. The second-order valence-corrected chi connectivity index (χ2v) is 14.6. The fourth-order valence-corrected chi connectivity index (χ4v) is 10.9. The molecule has 4 aromatic rings. The lowest BCUT2D eigenvalue weighted by atomic mass is 10.3. The van der Waals surface area contributed by atoms with Crippen molar-refractivity contribution in [2.75, 3.05) is 0 Å². The van der Waals surface area contributed by atoms with Crippen molar-refractivity contribution in [3.8, 4) is 0 Å². The van der Waals surface area contributed by atoms with Crippen molar-refractivity contribution in [3.05, 3.63) is 121 Å². The van der Waals surface area contributed by atoms with Crippen molar-refractivity contribution in [2.45, 2.75) is 25.4 Å². The molecule has 6 heteroatoms. The lowest BCUT2D eigenvalue weighted by molar-refractivity contribution is 0.580. The maximum Gasteiger partial charge on any atom is 0.172 e. The van der Waals surface area contributed by atoms with E-state index in [0.717, 1.165) is 21.2 Å². The van der Waals surface area contributed by atoms with Crippen LogP contribution in [0.5, 0.6) is 0 Å². The van der Waals surface area contributed by atoms with Crippen LogP contribution >= 0.6 is 14.3 Å². The first kappa shape index (κ1) is 24.4. The van der Waals surface area contributed by atoms with Gasteiger partial charge < -0.3 is 9.13 Å². The molecule has 0 fully saturated rings. The van der Waals surface area contributed by atoms with E-state index in [0.29, 0.717) is 11.4 Å². The SMILES string of the molecule is CC1=NC(P(=O)(c2ccccc2)c2ccccc2)C(C)=NC1P(=O)(c1ccccc1)c1ccccc1. The molecule has 0 aliphatic carbocycles. The van der Waals surface area contributed by atoms with Crippen molar-refractivity contribution in [1.82, 2.24) is 0 Å². The van der Waals surface area contributed by atoms with E-state index in [4.69, 9.17) is 9.98 Å². The molecular weight excluding hydrogens is 482 g/mol. The zero-order valence-corrected chi connectivity index (χ0v) is 22.1. The average molecular weight is 511 g/mol. The third-order valence-corrected chi connectivity index (χ3v) is 13.3. The minimum absolute atomic E-state index is 0.633. The summed E-state index contributed by atoms with van der Waals surface area (Å²) in [5.74, 6) is -1.31. The molecule has 2 atom stereocenters. The monoisotopic (exact) mass is 510 g/mol. The van der Waals surface area contributed by atoms with Crippen LogP contribution in [0.1, 0.15) is 13.8 Å². The second-order valence-electron chi connectivity index (χ2n) is 8.95. The molecule has 4 nitrogen and oxygen atoms in total. The number of nitrogens with zero attached hydrogens (tertiary/aromatic N) is 2. The van der Waals surface area contributed by atoms with Gasteiger partial charge in [-0.1, -0.05) is 121 Å². The van der Waals surface area contributed by atoms with Crippen molar-refractivity contribution in [1.29, 1.82) is 0 Å². The van der Waals surface area contributed by atoms with Gasteiger partial charge in [0.15, 0.2) is 14.3 Å². The first-order valence-corrected chi connectivity index (χ1v) is 15.5. The molecule has 1 aliphatic heterocycles. The summed E-state index contributed by atoms with van der Waals surface area (Å²) in [6, 6.07) is 38.1. The molecule has 0 radical (unpaired) electrons.